The zero-order valence-electron chi connectivity index (χ0n) is 12.5. The van der Waals surface area contributed by atoms with Crippen LogP contribution in [-0.2, 0) is 6.42 Å². The first-order valence-corrected chi connectivity index (χ1v) is 6.89. The molecular formula is C16H17N5O. The minimum atomic E-state index is 0.134. The summed E-state index contributed by atoms with van der Waals surface area (Å²) in [4.78, 5) is 12.5. The highest BCUT2D eigenvalue weighted by molar-refractivity contribution is 5.90. The number of nitrogens with zero attached hydrogens (tertiary/aromatic N) is 3. The molecule has 0 atom stereocenters. The molecule has 2 heterocycles. The van der Waals surface area contributed by atoms with Crippen molar-refractivity contribution < 1.29 is 4.74 Å². The number of nitrogen functional groups attached to an aromatic ring is 2. The molecule has 0 spiro atoms. The van der Waals surface area contributed by atoms with Crippen LogP contribution in [0.4, 0.5) is 11.8 Å². The Bertz CT molecular complexity index is 847. The van der Waals surface area contributed by atoms with E-state index in [2.05, 4.69) is 15.0 Å². The Kier molecular flexibility index (Phi) is 3.50. The van der Waals surface area contributed by atoms with E-state index in [1.54, 1.807) is 13.3 Å². The van der Waals surface area contributed by atoms with Crippen molar-refractivity contribution in [3.63, 3.8) is 0 Å². The molecule has 2 aromatic heterocycles. The quantitative estimate of drug-likeness (QED) is 0.767. The van der Waals surface area contributed by atoms with E-state index < -0.39 is 0 Å². The second kappa shape index (κ2) is 5.48. The molecule has 0 saturated heterocycles. The molecule has 0 saturated carbocycles. The van der Waals surface area contributed by atoms with Crippen LogP contribution in [0.25, 0.3) is 11.0 Å². The van der Waals surface area contributed by atoms with Gasteiger partial charge in [-0.3, -0.25) is 0 Å². The summed E-state index contributed by atoms with van der Waals surface area (Å²) in [5.74, 6) is 1.34. The van der Waals surface area contributed by atoms with Gasteiger partial charge in [-0.1, -0.05) is 18.2 Å². The molecular weight excluding hydrogens is 278 g/mol. The van der Waals surface area contributed by atoms with Crippen molar-refractivity contribution in [1.82, 2.24) is 15.0 Å². The van der Waals surface area contributed by atoms with E-state index in [1.807, 2.05) is 31.2 Å². The second-order valence-electron chi connectivity index (χ2n) is 5.06. The molecule has 0 aliphatic rings. The van der Waals surface area contributed by atoms with Gasteiger partial charge in [-0.2, -0.15) is 9.97 Å². The molecule has 0 aliphatic carbocycles. The van der Waals surface area contributed by atoms with E-state index in [0.717, 1.165) is 27.8 Å². The fourth-order valence-electron chi connectivity index (χ4n) is 2.57. The average Bonchev–Trinajstić information content (AvgIpc) is 2.50. The normalized spacial score (nSPS) is 10.8. The van der Waals surface area contributed by atoms with Crippen LogP contribution < -0.4 is 16.2 Å². The van der Waals surface area contributed by atoms with Gasteiger partial charge >= 0.3 is 0 Å². The zero-order valence-corrected chi connectivity index (χ0v) is 12.5. The van der Waals surface area contributed by atoms with Crippen LogP contribution in [0.15, 0.2) is 30.5 Å². The van der Waals surface area contributed by atoms with Crippen molar-refractivity contribution in [2.75, 3.05) is 18.6 Å². The number of methoxy groups -OCH3 is 1. The SMILES string of the molecule is COc1ccccc1Cc1cnc2nc(N)nc(N)c2c1C. The van der Waals surface area contributed by atoms with Gasteiger partial charge in [0.1, 0.15) is 11.6 Å². The van der Waals surface area contributed by atoms with Crippen molar-refractivity contribution in [1.29, 1.82) is 0 Å². The monoisotopic (exact) mass is 295 g/mol. The molecule has 112 valence electrons. The van der Waals surface area contributed by atoms with Gasteiger partial charge in [0, 0.05) is 12.6 Å². The number of ether oxygens (including phenoxy) is 1. The number of aromatic nitrogens is 3. The Balaban J connectivity index is 2.10. The number of nitrogens with two attached hydrogens (primary N) is 2. The Labute approximate surface area is 128 Å². The van der Waals surface area contributed by atoms with Crippen LogP contribution in [0.1, 0.15) is 16.7 Å². The highest BCUT2D eigenvalue weighted by atomic mass is 16.5. The molecule has 0 aliphatic heterocycles. The van der Waals surface area contributed by atoms with Gasteiger partial charge in [-0.05, 0) is 29.7 Å². The fourth-order valence-corrected chi connectivity index (χ4v) is 2.57. The number of benzene rings is 1. The van der Waals surface area contributed by atoms with Gasteiger partial charge in [0.05, 0.1) is 12.5 Å². The minimum Gasteiger partial charge on any atom is -0.496 e. The van der Waals surface area contributed by atoms with Crippen LogP contribution in [-0.4, -0.2) is 22.1 Å². The first kappa shape index (κ1) is 14.1. The number of para-hydroxylation sites is 1. The van der Waals surface area contributed by atoms with Gasteiger partial charge in [0.25, 0.3) is 0 Å². The van der Waals surface area contributed by atoms with E-state index in [4.69, 9.17) is 16.2 Å². The second-order valence-corrected chi connectivity index (χ2v) is 5.06. The first-order chi connectivity index (χ1) is 10.6. The zero-order chi connectivity index (χ0) is 15.7. The molecule has 1 aromatic carbocycles. The lowest BCUT2D eigenvalue weighted by molar-refractivity contribution is 0.410. The highest BCUT2D eigenvalue weighted by Gasteiger charge is 2.13. The van der Waals surface area contributed by atoms with Gasteiger partial charge < -0.3 is 16.2 Å². The largest absolute Gasteiger partial charge is 0.496 e. The molecule has 4 N–H and O–H groups in total. The molecule has 6 nitrogen and oxygen atoms in total. The lowest BCUT2D eigenvalue weighted by Gasteiger charge is -2.12. The third-order valence-corrected chi connectivity index (χ3v) is 3.71. The van der Waals surface area contributed by atoms with Crippen LogP contribution in [0.5, 0.6) is 5.75 Å². The number of hydrogen-bond donors (Lipinski definition) is 2. The molecule has 0 amide bonds. The topological polar surface area (TPSA) is 99.9 Å². The predicted octanol–water partition coefficient (Wildman–Crippen LogP) is 2.10. The van der Waals surface area contributed by atoms with Crippen molar-refractivity contribution in [2.24, 2.45) is 0 Å². The molecule has 3 aromatic rings. The molecule has 3 rings (SSSR count). The van der Waals surface area contributed by atoms with Gasteiger partial charge in [0.2, 0.25) is 5.95 Å². The standard InChI is InChI=1S/C16H17N5O/c1-9-11(7-10-5-3-4-6-12(10)22-2)8-19-15-13(9)14(17)20-16(18)21-15/h3-6,8H,7H2,1-2H3,(H4,17,18,19,20,21). The number of pyridine rings is 1. The number of rotatable bonds is 3. The molecule has 0 radical (unpaired) electrons. The number of aryl methyl sites for hydroxylation is 1. The van der Waals surface area contributed by atoms with Crippen molar-refractivity contribution in [2.45, 2.75) is 13.3 Å². The smallest absolute Gasteiger partial charge is 0.224 e. The summed E-state index contributed by atoms with van der Waals surface area (Å²) < 4.78 is 5.40. The third kappa shape index (κ3) is 2.39. The predicted molar refractivity (Wildman–Crippen MR) is 86.7 cm³/mol. The van der Waals surface area contributed by atoms with Gasteiger partial charge in [-0.15, -0.1) is 0 Å². The first-order valence-electron chi connectivity index (χ1n) is 6.89. The minimum absolute atomic E-state index is 0.134. The Morgan fingerprint density at radius 1 is 1.09 bits per heavy atom. The molecule has 6 heteroatoms. The fraction of sp³-hybridized carbons (Fsp3) is 0.188. The summed E-state index contributed by atoms with van der Waals surface area (Å²) in [6.45, 7) is 1.99. The number of hydrogen-bond acceptors (Lipinski definition) is 6. The lowest BCUT2D eigenvalue weighted by atomic mass is 10.00. The van der Waals surface area contributed by atoms with Gasteiger partial charge in [0.15, 0.2) is 5.65 Å². The molecule has 0 fully saturated rings. The average molecular weight is 295 g/mol. The maximum absolute atomic E-state index is 5.98. The number of anilines is 2. The van der Waals surface area contributed by atoms with Gasteiger partial charge in [-0.25, -0.2) is 4.98 Å². The van der Waals surface area contributed by atoms with Crippen molar-refractivity contribution in [3.05, 3.63) is 47.2 Å². The highest BCUT2D eigenvalue weighted by Crippen LogP contribution is 2.27. The van der Waals surface area contributed by atoms with E-state index in [-0.39, 0.29) is 5.95 Å². The third-order valence-electron chi connectivity index (χ3n) is 3.71. The summed E-state index contributed by atoms with van der Waals surface area (Å²) >= 11 is 0. The summed E-state index contributed by atoms with van der Waals surface area (Å²) in [5, 5.41) is 0.751. The number of fused-ring (bicyclic) bond motifs is 1. The Morgan fingerprint density at radius 2 is 1.86 bits per heavy atom. The van der Waals surface area contributed by atoms with Crippen LogP contribution >= 0.6 is 0 Å². The molecule has 0 unspecified atom stereocenters. The maximum atomic E-state index is 5.98. The van der Waals surface area contributed by atoms with Crippen molar-refractivity contribution in [3.8, 4) is 5.75 Å². The van der Waals surface area contributed by atoms with Crippen LogP contribution in [0, 0.1) is 6.92 Å². The van der Waals surface area contributed by atoms with E-state index in [9.17, 15) is 0 Å². The van der Waals surface area contributed by atoms with E-state index in [0.29, 0.717) is 17.9 Å². The lowest BCUT2D eigenvalue weighted by Crippen LogP contribution is -2.05. The summed E-state index contributed by atoms with van der Waals surface area (Å²) in [7, 11) is 1.67. The van der Waals surface area contributed by atoms with E-state index in [1.165, 1.54) is 0 Å². The van der Waals surface area contributed by atoms with E-state index >= 15 is 0 Å². The van der Waals surface area contributed by atoms with Crippen LogP contribution in [0.3, 0.4) is 0 Å². The summed E-state index contributed by atoms with van der Waals surface area (Å²) in [6.07, 6.45) is 2.50. The maximum Gasteiger partial charge on any atom is 0.224 e. The molecule has 0 bridgehead atoms. The Morgan fingerprint density at radius 3 is 2.64 bits per heavy atom. The Hall–Kier alpha value is -2.89. The summed E-state index contributed by atoms with van der Waals surface area (Å²) in [6, 6.07) is 7.91. The summed E-state index contributed by atoms with van der Waals surface area (Å²) in [5.41, 5.74) is 15.3. The van der Waals surface area contributed by atoms with Crippen LogP contribution in [0.2, 0.25) is 0 Å². The van der Waals surface area contributed by atoms with Crippen molar-refractivity contribution >= 4 is 22.8 Å². The molecule has 22 heavy (non-hydrogen) atoms.